The summed E-state index contributed by atoms with van der Waals surface area (Å²) in [6.45, 7) is 12.1. The van der Waals surface area contributed by atoms with Gasteiger partial charge in [-0.3, -0.25) is 0 Å². The van der Waals surface area contributed by atoms with Gasteiger partial charge in [0.1, 0.15) is 0 Å². The number of fused-ring (bicyclic) bond motifs is 1. The van der Waals surface area contributed by atoms with Crippen LogP contribution in [0.1, 0.15) is 38.8 Å². The molecular formula is C13H20NORb. The van der Waals surface area contributed by atoms with Crippen molar-refractivity contribution in [3.63, 3.8) is 0 Å². The summed E-state index contributed by atoms with van der Waals surface area (Å²) < 4.78 is 4.97. The Kier molecular flexibility index (Phi) is 12.5. The van der Waals surface area contributed by atoms with Crippen LogP contribution in [-0.4, -0.2) is 5.16 Å². The van der Waals surface area contributed by atoms with Gasteiger partial charge >= 0.3 is 58.2 Å². The molecule has 0 saturated carbocycles. The molecule has 0 aliphatic carbocycles. The van der Waals surface area contributed by atoms with Gasteiger partial charge < -0.3 is 4.52 Å². The van der Waals surface area contributed by atoms with Gasteiger partial charge in [0, 0.05) is 0 Å². The zero-order valence-corrected chi connectivity index (χ0v) is 16.4. The molecule has 0 fully saturated rings. The third-order valence-electron chi connectivity index (χ3n) is 1.75. The minimum Gasteiger partial charge on any atom is -0.431 e. The molecule has 0 aliphatic heterocycles. The minimum atomic E-state index is 0. The smallest absolute Gasteiger partial charge is 0.431 e. The average Bonchev–Trinajstić information content (AvgIpc) is 2.72. The SMILES string of the molecule is CC.CC.Cc1cc(C)c2[c-]noc2c1.[Rb+]. The Hall–Kier alpha value is 0.495. The van der Waals surface area contributed by atoms with E-state index in [1.54, 1.807) is 0 Å². The molecule has 0 spiro atoms. The van der Waals surface area contributed by atoms with Gasteiger partial charge in [0.2, 0.25) is 0 Å². The van der Waals surface area contributed by atoms with Crippen LogP contribution in [0.3, 0.4) is 0 Å². The molecule has 1 aromatic carbocycles. The van der Waals surface area contributed by atoms with Crippen molar-refractivity contribution in [2.24, 2.45) is 0 Å². The van der Waals surface area contributed by atoms with Crippen LogP contribution in [0.25, 0.3) is 11.0 Å². The van der Waals surface area contributed by atoms with Crippen LogP contribution in [0.4, 0.5) is 0 Å². The molecule has 2 aromatic rings. The first kappa shape index (κ1) is 18.8. The predicted octanol–water partition coefficient (Wildman–Crippen LogP) is 1.30. The number of rotatable bonds is 0. The molecule has 3 heteroatoms. The number of aryl methyl sites for hydroxylation is 2. The molecule has 0 radical (unpaired) electrons. The largest absolute Gasteiger partial charge is 1.00 e. The molecule has 0 saturated heterocycles. The van der Waals surface area contributed by atoms with Crippen LogP contribution >= 0.6 is 0 Å². The third-order valence-corrected chi connectivity index (χ3v) is 1.75. The molecule has 0 atom stereocenters. The minimum absolute atomic E-state index is 0. The van der Waals surface area contributed by atoms with Crippen LogP contribution in [0, 0.1) is 20.0 Å². The molecule has 1 heterocycles. The van der Waals surface area contributed by atoms with Crippen molar-refractivity contribution >= 4 is 11.0 Å². The van der Waals surface area contributed by atoms with E-state index in [-0.39, 0.29) is 58.2 Å². The molecule has 0 N–H and O–H groups in total. The van der Waals surface area contributed by atoms with Gasteiger partial charge in [-0.2, -0.15) is 5.16 Å². The van der Waals surface area contributed by atoms with Gasteiger partial charge in [-0.1, -0.05) is 46.2 Å². The maximum Gasteiger partial charge on any atom is 1.00 e. The molecule has 84 valence electrons. The van der Waals surface area contributed by atoms with Crippen molar-refractivity contribution in [1.29, 1.82) is 0 Å². The molecule has 0 unspecified atom stereocenters. The third kappa shape index (κ3) is 5.22. The normalized spacial score (nSPS) is 8.12. The monoisotopic (exact) mass is 291 g/mol. The van der Waals surface area contributed by atoms with Crippen LogP contribution in [0.15, 0.2) is 16.7 Å². The van der Waals surface area contributed by atoms with Crippen molar-refractivity contribution in [3.8, 4) is 0 Å². The van der Waals surface area contributed by atoms with Gasteiger partial charge in [0.15, 0.2) is 0 Å². The number of nitrogens with zero attached hydrogens (tertiary/aromatic N) is 1. The predicted molar refractivity (Wildman–Crippen MR) is 65.0 cm³/mol. The second-order valence-corrected chi connectivity index (χ2v) is 2.75. The van der Waals surface area contributed by atoms with E-state index < -0.39 is 0 Å². The number of benzene rings is 1. The van der Waals surface area contributed by atoms with Crippen molar-refractivity contribution in [1.82, 2.24) is 5.16 Å². The summed E-state index contributed by atoms with van der Waals surface area (Å²) in [5, 5.41) is 4.59. The van der Waals surface area contributed by atoms with Gasteiger partial charge in [-0.15, -0.1) is 17.0 Å². The summed E-state index contributed by atoms with van der Waals surface area (Å²) in [4.78, 5) is 0. The summed E-state index contributed by atoms with van der Waals surface area (Å²) in [5.41, 5.74) is 3.18. The zero-order valence-electron chi connectivity index (χ0n) is 11.5. The summed E-state index contributed by atoms with van der Waals surface area (Å²) in [6, 6.07) is 4.06. The number of aromatic nitrogens is 1. The second-order valence-electron chi connectivity index (χ2n) is 2.75. The van der Waals surface area contributed by atoms with E-state index in [0.29, 0.717) is 0 Å². The first-order valence-electron chi connectivity index (χ1n) is 5.52. The van der Waals surface area contributed by atoms with E-state index in [2.05, 4.69) is 17.4 Å². The van der Waals surface area contributed by atoms with Crippen molar-refractivity contribution in [2.45, 2.75) is 41.5 Å². The molecule has 0 bridgehead atoms. The van der Waals surface area contributed by atoms with Crippen molar-refractivity contribution in [2.75, 3.05) is 0 Å². The fourth-order valence-corrected chi connectivity index (χ4v) is 1.26. The second kappa shape index (κ2) is 10.6. The van der Waals surface area contributed by atoms with Gasteiger partial charge in [0.25, 0.3) is 0 Å². The molecule has 0 aliphatic rings. The van der Waals surface area contributed by atoms with Gasteiger partial charge in [0.05, 0.1) is 5.58 Å². The van der Waals surface area contributed by atoms with Crippen LogP contribution in [-0.2, 0) is 0 Å². The molecule has 0 amide bonds. The first-order valence-corrected chi connectivity index (χ1v) is 5.52. The Morgan fingerprint density at radius 2 is 1.62 bits per heavy atom. The fraction of sp³-hybridized carbons (Fsp3) is 0.462. The van der Waals surface area contributed by atoms with Gasteiger partial charge in [-0.05, 0) is 13.1 Å². The summed E-state index contributed by atoms with van der Waals surface area (Å²) >= 11 is 0. The quantitative estimate of drug-likeness (QED) is 0.684. The van der Waals surface area contributed by atoms with E-state index in [9.17, 15) is 0 Å². The van der Waals surface area contributed by atoms with Crippen LogP contribution in [0.2, 0.25) is 0 Å². The Balaban J connectivity index is 0. The molecular weight excluding hydrogens is 272 g/mol. The topological polar surface area (TPSA) is 26.0 Å². The van der Waals surface area contributed by atoms with Crippen LogP contribution < -0.4 is 58.2 Å². The Morgan fingerprint density at radius 3 is 2.19 bits per heavy atom. The standard InChI is InChI=1S/C9H8NO.2C2H6.Rb/c1-6-3-7(2)8-5-10-11-9(8)4-6;2*1-2;/h3-4H,1-2H3;2*1-2H3;/q-1;;;+1. The fourth-order valence-electron chi connectivity index (χ4n) is 1.26. The number of hydrogen-bond acceptors (Lipinski definition) is 2. The molecule has 2 nitrogen and oxygen atoms in total. The molecule has 16 heavy (non-hydrogen) atoms. The zero-order chi connectivity index (χ0) is 11.8. The van der Waals surface area contributed by atoms with E-state index in [4.69, 9.17) is 4.52 Å². The molecule has 1 aromatic heterocycles. The van der Waals surface area contributed by atoms with E-state index in [0.717, 1.165) is 11.0 Å². The Morgan fingerprint density at radius 1 is 1.06 bits per heavy atom. The van der Waals surface area contributed by atoms with E-state index >= 15 is 0 Å². The van der Waals surface area contributed by atoms with Crippen molar-refractivity contribution < 1.29 is 62.7 Å². The van der Waals surface area contributed by atoms with Crippen molar-refractivity contribution in [3.05, 3.63) is 29.5 Å². The Bertz CT molecular complexity index is 396. The Labute approximate surface area is 148 Å². The average molecular weight is 292 g/mol. The maximum absolute atomic E-state index is 4.97. The first-order chi connectivity index (χ1) is 7.27. The number of hydrogen-bond donors (Lipinski definition) is 0. The molecule has 2 rings (SSSR count). The van der Waals surface area contributed by atoms with Crippen LogP contribution in [0.5, 0.6) is 0 Å². The maximum atomic E-state index is 4.97. The van der Waals surface area contributed by atoms with Gasteiger partial charge in [-0.25, -0.2) is 0 Å². The van der Waals surface area contributed by atoms with E-state index in [1.807, 2.05) is 47.6 Å². The summed E-state index contributed by atoms with van der Waals surface area (Å²) in [5.74, 6) is 0. The van der Waals surface area contributed by atoms with E-state index in [1.165, 1.54) is 11.1 Å². The summed E-state index contributed by atoms with van der Waals surface area (Å²) in [6.07, 6.45) is 2.80. The summed E-state index contributed by atoms with van der Waals surface area (Å²) in [7, 11) is 0.